The minimum Gasteiger partial charge on any atom is -0.349 e. The lowest BCUT2D eigenvalue weighted by atomic mass is 9.91. The molecule has 19 heavy (non-hydrogen) atoms. The van der Waals surface area contributed by atoms with Gasteiger partial charge in [-0.1, -0.05) is 17.7 Å². The summed E-state index contributed by atoms with van der Waals surface area (Å²) in [7, 11) is 0. The third-order valence-electron chi connectivity index (χ3n) is 3.30. The van der Waals surface area contributed by atoms with Gasteiger partial charge in [-0.05, 0) is 37.8 Å². The van der Waals surface area contributed by atoms with Crippen molar-refractivity contribution >= 4 is 29.9 Å². The number of carbonyl (C=O) groups excluding carboxylic acids is 1. The van der Waals surface area contributed by atoms with Gasteiger partial charge in [0.05, 0.1) is 10.6 Å². The Balaban J connectivity index is 0.00000180. The average Bonchev–Trinajstić information content (AvgIpc) is 2.32. The number of halogens is 3. The fraction of sp³-hybridized carbons (Fsp3) is 0.462. The SMILES string of the molecule is Cl.NC1CCC(NC(=O)c2c(F)cccc2Cl)CC1. The first-order valence-electron chi connectivity index (χ1n) is 6.08. The number of benzene rings is 1. The summed E-state index contributed by atoms with van der Waals surface area (Å²) in [5.74, 6) is -1.04. The molecular weight excluding hydrogens is 290 g/mol. The van der Waals surface area contributed by atoms with E-state index >= 15 is 0 Å². The summed E-state index contributed by atoms with van der Waals surface area (Å²) < 4.78 is 13.6. The van der Waals surface area contributed by atoms with E-state index in [-0.39, 0.29) is 35.1 Å². The number of rotatable bonds is 2. The van der Waals surface area contributed by atoms with E-state index in [9.17, 15) is 9.18 Å². The zero-order valence-corrected chi connectivity index (χ0v) is 11.9. The van der Waals surface area contributed by atoms with E-state index in [0.717, 1.165) is 25.7 Å². The van der Waals surface area contributed by atoms with Crippen LogP contribution >= 0.6 is 24.0 Å². The highest BCUT2D eigenvalue weighted by Crippen LogP contribution is 2.21. The summed E-state index contributed by atoms with van der Waals surface area (Å²) in [6.07, 6.45) is 3.43. The monoisotopic (exact) mass is 306 g/mol. The molecule has 1 saturated carbocycles. The molecule has 0 bridgehead atoms. The van der Waals surface area contributed by atoms with Crippen LogP contribution in [0.3, 0.4) is 0 Å². The normalized spacial score (nSPS) is 22.5. The van der Waals surface area contributed by atoms with Crippen molar-refractivity contribution < 1.29 is 9.18 Å². The van der Waals surface area contributed by atoms with Gasteiger partial charge in [-0.3, -0.25) is 4.79 Å². The average molecular weight is 307 g/mol. The molecule has 106 valence electrons. The first-order chi connectivity index (χ1) is 8.58. The summed E-state index contributed by atoms with van der Waals surface area (Å²) in [5, 5.41) is 2.96. The third kappa shape index (κ3) is 4.06. The van der Waals surface area contributed by atoms with Crippen LogP contribution in [0.2, 0.25) is 5.02 Å². The standard InChI is InChI=1S/C13H16ClFN2O.ClH/c14-10-2-1-3-11(15)12(10)13(18)17-9-6-4-8(16)5-7-9;/h1-3,8-9H,4-7,16H2,(H,17,18);1H. The van der Waals surface area contributed by atoms with Gasteiger partial charge >= 0.3 is 0 Å². The molecule has 0 saturated heterocycles. The number of hydrogen-bond acceptors (Lipinski definition) is 2. The Morgan fingerprint density at radius 2 is 1.95 bits per heavy atom. The molecule has 0 unspecified atom stereocenters. The highest BCUT2D eigenvalue weighted by molar-refractivity contribution is 6.33. The molecule has 3 nitrogen and oxygen atoms in total. The van der Waals surface area contributed by atoms with Gasteiger partial charge in [0.1, 0.15) is 5.82 Å². The molecule has 0 radical (unpaired) electrons. The Hall–Kier alpha value is -0.840. The highest BCUT2D eigenvalue weighted by atomic mass is 35.5. The number of carbonyl (C=O) groups is 1. The molecule has 2 rings (SSSR count). The maximum absolute atomic E-state index is 13.6. The van der Waals surface area contributed by atoms with Gasteiger partial charge in [0.25, 0.3) is 5.91 Å². The Bertz CT molecular complexity index is 428. The predicted molar refractivity (Wildman–Crippen MR) is 76.4 cm³/mol. The molecule has 1 aliphatic carbocycles. The summed E-state index contributed by atoms with van der Waals surface area (Å²) in [6, 6.07) is 4.50. The number of nitrogens with one attached hydrogen (secondary N) is 1. The second-order valence-electron chi connectivity index (χ2n) is 4.68. The van der Waals surface area contributed by atoms with Gasteiger partial charge in [0.2, 0.25) is 0 Å². The summed E-state index contributed by atoms with van der Waals surface area (Å²) in [4.78, 5) is 12.0. The quantitative estimate of drug-likeness (QED) is 0.882. The van der Waals surface area contributed by atoms with Gasteiger partial charge in [-0.2, -0.15) is 0 Å². The lowest BCUT2D eigenvalue weighted by molar-refractivity contribution is 0.0922. The zero-order valence-electron chi connectivity index (χ0n) is 10.4. The van der Waals surface area contributed by atoms with Crippen molar-refractivity contribution in [3.8, 4) is 0 Å². The third-order valence-corrected chi connectivity index (χ3v) is 3.61. The van der Waals surface area contributed by atoms with Crippen molar-refractivity contribution in [1.82, 2.24) is 5.32 Å². The fourth-order valence-electron chi connectivity index (χ4n) is 2.24. The summed E-state index contributed by atoms with van der Waals surface area (Å²) in [6.45, 7) is 0. The molecule has 0 aliphatic heterocycles. The molecular formula is C13H17Cl2FN2O. The Morgan fingerprint density at radius 3 is 2.53 bits per heavy atom. The molecule has 0 atom stereocenters. The molecule has 1 amide bonds. The van der Waals surface area contributed by atoms with Gasteiger partial charge in [-0.25, -0.2) is 4.39 Å². The number of nitrogens with two attached hydrogens (primary N) is 1. The van der Waals surface area contributed by atoms with Gasteiger partial charge in [-0.15, -0.1) is 12.4 Å². The molecule has 1 aromatic carbocycles. The van der Waals surface area contributed by atoms with Crippen molar-refractivity contribution in [1.29, 1.82) is 0 Å². The van der Waals surface area contributed by atoms with E-state index in [1.807, 2.05) is 0 Å². The van der Waals surface area contributed by atoms with Crippen molar-refractivity contribution in [2.24, 2.45) is 5.73 Å². The van der Waals surface area contributed by atoms with Crippen molar-refractivity contribution in [2.45, 2.75) is 37.8 Å². The number of hydrogen-bond donors (Lipinski definition) is 2. The molecule has 1 aromatic rings. The van der Waals surface area contributed by atoms with Crippen LogP contribution in [0.4, 0.5) is 4.39 Å². The number of amides is 1. The zero-order chi connectivity index (χ0) is 13.1. The van der Waals surface area contributed by atoms with Crippen LogP contribution in [0.1, 0.15) is 36.0 Å². The van der Waals surface area contributed by atoms with Crippen LogP contribution in [0.25, 0.3) is 0 Å². The molecule has 6 heteroatoms. The van der Waals surface area contributed by atoms with Crippen LogP contribution in [-0.4, -0.2) is 18.0 Å². The van der Waals surface area contributed by atoms with Gasteiger partial charge < -0.3 is 11.1 Å². The predicted octanol–water partition coefficient (Wildman–Crippen LogP) is 2.90. The Morgan fingerprint density at radius 1 is 1.32 bits per heavy atom. The van der Waals surface area contributed by atoms with E-state index < -0.39 is 11.7 Å². The maximum atomic E-state index is 13.6. The van der Waals surface area contributed by atoms with Crippen LogP contribution < -0.4 is 11.1 Å². The Kier molecular flexibility index (Phi) is 6.04. The molecule has 0 spiro atoms. The van der Waals surface area contributed by atoms with Crippen LogP contribution in [0.5, 0.6) is 0 Å². The van der Waals surface area contributed by atoms with E-state index in [4.69, 9.17) is 17.3 Å². The van der Waals surface area contributed by atoms with E-state index in [2.05, 4.69) is 5.32 Å². The van der Waals surface area contributed by atoms with Crippen LogP contribution in [0.15, 0.2) is 18.2 Å². The first-order valence-corrected chi connectivity index (χ1v) is 6.46. The second kappa shape index (κ2) is 7.08. The summed E-state index contributed by atoms with van der Waals surface area (Å²) in [5.41, 5.74) is 5.72. The molecule has 0 heterocycles. The topological polar surface area (TPSA) is 55.1 Å². The summed E-state index contributed by atoms with van der Waals surface area (Å²) >= 11 is 5.84. The fourth-order valence-corrected chi connectivity index (χ4v) is 2.48. The van der Waals surface area contributed by atoms with Crippen molar-refractivity contribution in [3.05, 3.63) is 34.6 Å². The molecule has 3 N–H and O–H groups in total. The largest absolute Gasteiger partial charge is 0.349 e. The van der Waals surface area contributed by atoms with Crippen molar-refractivity contribution in [3.63, 3.8) is 0 Å². The van der Waals surface area contributed by atoms with Crippen LogP contribution in [-0.2, 0) is 0 Å². The van der Waals surface area contributed by atoms with E-state index in [1.54, 1.807) is 0 Å². The van der Waals surface area contributed by atoms with Crippen LogP contribution in [0, 0.1) is 5.82 Å². The lowest BCUT2D eigenvalue weighted by Gasteiger charge is -2.26. The molecule has 1 fully saturated rings. The minimum absolute atomic E-state index is 0. The van der Waals surface area contributed by atoms with Gasteiger partial charge in [0, 0.05) is 12.1 Å². The van der Waals surface area contributed by atoms with Gasteiger partial charge in [0.15, 0.2) is 0 Å². The molecule has 1 aliphatic rings. The van der Waals surface area contributed by atoms with E-state index in [1.165, 1.54) is 18.2 Å². The first kappa shape index (κ1) is 16.2. The smallest absolute Gasteiger partial charge is 0.255 e. The maximum Gasteiger partial charge on any atom is 0.255 e. The highest BCUT2D eigenvalue weighted by Gasteiger charge is 2.23. The van der Waals surface area contributed by atoms with E-state index in [0.29, 0.717) is 0 Å². The minimum atomic E-state index is -0.590. The molecule has 0 aromatic heterocycles. The lowest BCUT2D eigenvalue weighted by Crippen LogP contribution is -2.40. The Labute approximate surface area is 123 Å². The second-order valence-corrected chi connectivity index (χ2v) is 5.09. The van der Waals surface area contributed by atoms with Crippen molar-refractivity contribution in [2.75, 3.05) is 0 Å².